The van der Waals surface area contributed by atoms with Gasteiger partial charge in [0, 0.05) is 79.0 Å². The van der Waals surface area contributed by atoms with E-state index < -0.39 is 0 Å². The lowest BCUT2D eigenvalue weighted by molar-refractivity contribution is -0.146. The molecule has 0 radical (unpaired) electrons. The van der Waals surface area contributed by atoms with Crippen LogP contribution < -0.4 is 0 Å². The predicted octanol–water partition coefficient (Wildman–Crippen LogP) is 19.3. The first kappa shape index (κ1) is 91.6. The van der Waals surface area contributed by atoms with Crippen molar-refractivity contribution >= 4 is 23.9 Å². The molecule has 0 atom stereocenters. The van der Waals surface area contributed by atoms with Crippen LogP contribution in [-0.2, 0) is 57.1 Å². The molecule has 0 heterocycles. The zero-order valence-electron chi connectivity index (χ0n) is 62.7. The van der Waals surface area contributed by atoms with Crippen LogP contribution in [0.2, 0.25) is 0 Å². The SMILES string of the molecule is CCCCCCCOCCCCCCCCOC(=O)CCN(CCCN(C)CCCN(CCC(=O)OCCCCCCCCOCCCCCCC)CCC(=O)OCCCCCCCCOCCCCCCC)CCC(=O)OCCCCCCCCOCCCCCCC. The van der Waals surface area contributed by atoms with Gasteiger partial charge in [-0.3, -0.25) is 19.2 Å². The monoisotopic (exact) mass is 1340 g/mol. The van der Waals surface area contributed by atoms with E-state index in [9.17, 15) is 19.2 Å². The molecule has 0 unspecified atom stereocenters. The number of rotatable bonds is 80. The maximum absolute atomic E-state index is 13.0. The van der Waals surface area contributed by atoms with Crippen molar-refractivity contribution in [2.75, 3.05) is 139 Å². The highest BCUT2D eigenvalue weighted by Gasteiger charge is 2.16. The zero-order chi connectivity index (χ0) is 68.2. The maximum atomic E-state index is 13.0. The van der Waals surface area contributed by atoms with Crippen molar-refractivity contribution in [2.24, 2.45) is 0 Å². The van der Waals surface area contributed by atoms with Gasteiger partial charge in [-0.05, 0) is 123 Å². The molecular weight excluding hydrogens is 1180 g/mol. The summed E-state index contributed by atoms with van der Waals surface area (Å²) >= 11 is 0. The average Bonchev–Trinajstić information content (AvgIpc) is 3.62. The summed E-state index contributed by atoms with van der Waals surface area (Å²) < 4.78 is 46.0. The lowest BCUT2D eigenvalue weighted by Gasteiger charge is -2.25. The highest BCUT2D eigenvalue weighted by molar-refractivity contribution is 5.71. The smallest absolute Gasteiger partial charge is 0.307 e. The molecule has 0 aromatic carbocycles. The van der Waals surface area contributed by atoms with Crippen molar-refractivity contribution in [3.05, 3.63) is 0 Å². The molecule has 0 N–H and O–H groups in total. The number of hydrogen-bond donors (Lipinski definition) is 0. The molecule has 0 aliphatic carbocycles. The molecule has 0 aliphatic heterocycles. The van der Waals surface area contributed by atoms with Gasteiger partial charge in [-0.2, -0.15) is 0 Å². The van der Waals surface area contributed by atoms with Gasteiger partial charge < -0.3 is 52.6 Å². The molecular formula is C79H155N3O12. The molecule has 15 heteroatoms. The van der Waals surface area contributed by atoms with Gasteiger partial charge in [0.05, 0.1) is 52.1 Å². The van der Waals surface area contributed by atoms with Crippen molar-refractivity contribution in [2.45, 2.75) is 349 Å². The molecule has 558 valence electrons. The molecule has 15 nitrogen and oxygen atoms in total. The van der Waals surface area contributed by atoms with Gasteiger partial charge >= 0.3 is 23.9 Å². The van der Waals surface area contributed by atoms with E-state index >= 15 is 0 Å². The molecule has 94 heavy (non-hydrogen) atoms. The van der Waals surface area contributed by atoms with Crippen LogP contribution >= 0.6 is 0 Å². The van der Waals surface area contributed by atoms with E-state index in [1.54, 1.807) is 0 Å². The summed E-state index contributed by atoms with van der Waals surface area (Å²) in [4.78, 5) is 58.7. The lowest BCUT2D eigenvalue weighted by atomic mass is 10.1. The van der Waals surface area contributed by atoms with Crippen molar-refractivity contribution in [3.63, 3.8) is 0 Å². The number of unbranched alkanes of at least 4 members (excludes halogenated alkanes) is 36. The first-order chi connectivity index (χ1) is 46.2. The van der Waals surface area contributed by atoms with Gasteiger partial charge in [-0.1, -0.05) is 233 Å². The number of carbonyl (C=O) groups excluding carboxylic acids is 4. The van der Waals surface area contributed by atoms with Crippen LogP contribution in [0.15, 0.2) is 0 Å². The Balaban J connectivity index is 5.09. The van der Waals surface area contributed by atoms with Gasteiger partial charge in [-0.25, -0.2) is 0 Å². The summed E-state index contributed by atoms with van der Waals surface area (Å²) in [6.07, 6.45) is 54.5. The van der Waals surface area contributed by atoms with E-state index in [2.05, 4.69) is 49.4 Å². The van der Waals surface area contributed by atoms with E-state index in [1.165, 1.54) is 180 Å². The van der Waals surface area contributed by atoms with Crippen molar-refractivity contribution < 1.29 is 57.1 Å². The van der Waals surface area contributed by atoms with Crippen molar-refractivity contribution in [1.82, 2.24) is 14.7 Å². The van der Waals surface area contributed by atoms with E-state index in [4.69, 9.17) is 37.9 Å². The van der Waals surface area contributed by atoms with E-state index in [0.717, 1.165) is 195 Å². The molecule has 0 saturated heterocycles. The van der Waals surface area contributed by atoms with Crippen LogP contribution in [-0.4, -0.2) is 177 Å². The summed E-state index contributed by atoms with van der Waals surface area (Å²) in [6.45, 7) is 23.1. The summed E-state index contributed by atoms with van der Waals surface area (Å²) in [7, 11) is 2.13. The zero-order valence-corrected chi connectivity index (χ0v) is 62.7. The van der Waals surface area contributed by atoms with E-state index in [-0.39, 0.29) is 49.6 Å². The quantitative estimate of drug-likeness (QED) is 0.0322. The van der Waals surface area contributed by atoms with Gasteiger partial charge in [0.2, 0.25) is 0 Å². The predicted molar refractivity (Wildman–Crippen MR) is 391 cm³/mol. The fourth-order valence-corrected chi connectivity index (χ4v) is 11.6. The van der Waals surface area contributed by atoms with Gasteiger partial charge in [-0.15, -0.1) is 0 Å². The Bertz CT molecular complexity index is 1350. The normalized spacial score (nSPS) is 11.7. The number of carbonyl (C=O) groups is 4. The molecule has 0 aromatic heterocycles. The molecule has 0 saturated carbocycles. The first-order valence-corrected chi connectivity index (χ1v) is 40.3. The van der Waals surface area contributed by atoms with Gasteiger partial charge in [0.25, 0.3) is 0 Å². The van der Waals surface area contributed by atoms with Gasteiger partial charge in [0.15, 0.2) is 0 Å². The van der Waals surface area contributed by atoms with Crippen molar-refractivity contribution in [3.8, 4) is 0 Å². The van der Waals surface area contributed by atoms with E-state index in [1.807, 2.05) is 0 Å². The topological polar surface area (TPSA) is 152 Å². The van der Waals surface area contributed by atoms with Crippen LogP contribution in [0.1, 0.15) is 349 Å². The van der Waals surface area contributed by atoms with Crippen LogP contribution in [0, 0.1) is 0 Å². The minimum Gasteiger partial charge on any atom is -0.466 e. The number of esters is 4. The second-order valence-electron chi connectivity index (χ2n) is 27.2. The fraction of sp³-hybridized carbons (Fsp3) is 0.949. The Morgan fingerprint density at radius 3 is 0.564 bits per heavy atom. The summed E-state index contributed by atoms with van der Waals surface area (Å²) in [5.74, 6) is -0.737. The summed E-state index contributed by atoms with van der Waals surface area (Å²) in [6, 6.07) is 0. The number of hydrogen-bond acceptors (Lipinski definition) is 15. The largest absolute Gasteiger partial charge is 0.466 e. The minimum atomic E-state index is -0.184. The van der Waals surface area contributed by atoms with Crippen molar-refractivity contribution in [1.29, 1.82) is 0 Å². The second-order valence-corrected chi connectivity index (χ2v) is 27.2. The summed E-state index contributed by atoms with van der Waals surface area (Å²) in [5.41, 5.74) is 0. The standard InChI is InChI=1S/C79H155N3O12/c1-6-10-14-26-38-64-87-68-42-30-18-22-34-46-72-91-76(83)52-60-81(61-53-77(84)92-73-47-35-23-19-31-43-69-88-65-39-27-15-11-7-2)58-50-56-80(5)57-51-59-82(62-54-78(85)93-74-48-36-24-20-32-44-70-89-66-40-28-16-12-8-3)63-55-79(86)94-75-49-37-25-21-33-45-71-90-67-41-29-17-13-9-4/h6-75H2,1-5H3. The third-order valence-electron chi connectivity index (χ3n) is 17.9. The van der Waals surface area contributed by atoms with E-state index in [0.29, 0.717) is 52.6 Å². The maximum Gasteiger partial charge on any atom is 0.307 e. The summed E-state index contributed by atoms with van der Waals surface area (Å²) in [5, 5.41) is 0. The molecule has 0 amide bonds. The highest BCUT2D eigenvalue weighted by atomic mass is 16.5. The Kier molecular flexibility index (Phi) is 76.0. The van der Waals surface area contributed by atoms with Crippen LogP contribution in [0.5, 0.6) is 0 Å². The average molecular weight is 1340 g/mol. The van der Waals surface area contributed by atoms with Gasteiger partial charge in [0.1, 0.15) is 0 Å². The van der Waals surface area contributed by atoms with Crippen LogP contribution in [0.3, 0.4) is 0 Å². The van der Waals surface area contributed by atoms with Crippen LogP contribution in [0.4, 0.5) is 0 Å². The van der Waals surface area contributed by atoms with Crippen LogP contribution in [0.25, 0.3) is 0 Å². The second kappa shape index (κ2) is 77.9. The molecule has 0 bridgehead atoms. The third kappa shape index (κ3) is 73.8. The Morgan fingerprint density at radius 1 is 0.202 bits per heavy atom. The Hall–Kier alpha value is -2.40. The fourth-order valence-electron chi connectivity index (χ4n) is 11.6. The third-order valence-corrected chi connectivity index (χ3v) is 17.9. The molecule has 0 aliphatic rings. The first-order valence-electron chi connectivity index (χ1n) is 40.3. The molecule has 0 spiro atoms. The Labute approximate surface area is 580 Å². The minimum absolute atomic E-state index is 0.184. The highest BCUT2D eigenvalue weighted by Crippen LogP contribution is 2.14. The number of nitrogens with zero attached hydrogens (tertiary/aromatic N) is 3. The molecule has 0 aromatic rings. The molecule has 0 rings (SSSR count). The molecule has 0 fully saturated rings. The number of ether oxygens (including phenoxy) is 8. The lowest BCUT2D eigenvalue weighted by Crippen LogP contribution is -2.34. The Morgan fingerprint density at radius 2 is 0.372 bits per heavy atom.